The van der Waals surface area contributed by atoms with Gasteiger partial charge in [0.25, 0.3) is 0 Å². The van der Waals surface area contributed by atoms with Gasteiger partial charge in [-0.1, -0.05) is 0 Å². The van der Waals surface area contributed by atoms with Crippen molar-refractivity contribution in [3.05, 3.63) is 0 Å². The number of nitrogens with zero attached hydrogens (tertiary/aromatic N) is 1. The summed E-state index contributed by atoms with van der Waals surface area (Å²) in [5.41, 5.74) is 0.130. The van der Waals surface area contributed by atoms with Crippen molar-refractivity contribution in [3.63, 3.8) is 0 Å². The fraction of sp³-hybridized carbons (Fsp3) is 1.00. The smallest absolute Gasteiger partial charge is 0.0902 e. The van der Waals surface area contributed by atoms with Crippen molar-refractivity contribution in [2.24, 2.45) is 11.8 Å². The molecule has 3 rings (SSSR count). The van der Waals surface area contributed by atoms with E-state index in [2.05, 4.69) is 17.1 Å². The van der Waals surface area contributed by atoms with Gasteiger partial charge in [-0.05, 0) is 44.4 Å². The van der Waals surface area contributed by atoms with Crippen LogP contribution in [0.15, 0.2) is 0 Å². The van der Waals surface area contributed by atoms with Gasteiger partial charge in [-0.2, -0.15) is 0 Å². The van der Waals surface area contributed by atoms with Gasteiger partial charge in [0.1, 0.15) is 0 Å². The van der Waals surface area contributed by atoms with Crippen molar-refractivity contribution < 1.29 is 4.74 Å². The van der Waals surface area contributed by atoms with Crippen LogP contribution in [0.3, 0.4) is 0 Å². The molecule has 2 aliphatic carbocycles. The van der Waals surface area contributed by atoms with Gasteiger partial charge in [0, 0.05) is 32.7 Å². The number of rotatable bonds is 8. The zero-order valence-electron chi connectivity index (χ0n) is 11.1. The van der Waals surface area contributed by atoms with E-state index in [1.807, 2.05) is 0 Å². The van der Waals surface area contributed by atoms with Crippen molar-refractivity contribution in [1.82, 2.24) is 10.2 Å². The predicted octanol–water partition coefficient (Wildman–Crippen LogP) is 1.49. The van der Waals surface area contributed by atoms with E-state index in [4.69, 9.17) is 4.74 Å². The standard InChI is InChI=1S/C14H26N2O/c1-14(10-15-11-14)17-7-6-16(8-12-2-3-12)9-13-4-5-13/h12-13,15H,2-11H2,1H3. The van der Waals surface area contributed by atoms with Gasteiger partial charge in [0.15, 0.2) is 0 Å². The van der Waals surface area contributed by atoms with E-state index in [1.165, 1.54) is 38.8 Å². The van der Waals surface area contributed by atoms with Crippen LogP contribution in [0, 0.1) is 11.8 Å². The maximum absolute atomic E-state index is 6.00. The third kappa shape index (κ3) is 3.67. The molecular formula is C14H26N2O. The van der Waals surface area contributed by atoms with Gasteiger partial charge < -0.3 is 15.0 Å². The Morgan fingerprint density at radius 2 is 1.71 bits per heavy atom. The topological polar surface area (TPSA) is 24.5 Å². The van der Waals surface area contributed by atoms with E-state index in [0.717, 1.165) is 38.1 Å². The number of hydrogen-bond acceptors (Lipinski definition) is 3. The van der Waals surface area contributed by atoms with Crippen LogP contribution >= 0.6 is 0 Å². The Kier molecular flexibility index (Phi) is 3.42. The summed E-state index contributed by atoms with van der Waals surface area (Å²) in [5.74, 6) is 2.02. The van der Waals surface area contributed by atoms with Gasteiger partial charge in [0.2, 0.25) is 0 Å². The summed E-state index contributed by atoms with van der Waals surface area (Å²) < 4.78 is 6.00. The quantitative estimate of drug-likeness (QED) is 0.693. The van der Waals surface area contributed by atoms with Crippen molar-refractivity contribution >= 4 is 0 Å². The van der Waals surface area contributed by atoms with E-state index in [1.54, 1.807) is 0 Å². The van der Waals surface area contributed by atoms with Crippen molar-refractivity contribution in [1.29, 1.82) is 0 Å². The maximum Gasteiger partial charge on any atom is 0.0902 e. The van der Waals surface area contributed by atoms with E-state index in [9.17, 15) is 0 Å². The fourth-order valence-corrected chi connectivity index (χ4v) is 2.59. The molecule has 3 fully saturated rings. The second-order valence-electron chi connectivity index (χ2n) is 6.55. The molecule has 0 aromatic carbocycles. The van der Waals surface area contributed by atoms with Crippen LogP contribution in [0.25, 0.3) is 0 Å². The molecule has 0 bridgehead atoms. The molecule has 1 heterocycles. The Bertz CT molecular complexity index is 243. The van der Waals surface area contributed by atoms with Gasteiger partial charge in [-0.15, -0.1) is 0 Å². The number of ether oxygens (including phenoxy) is 1. The van der Waals surface area contributed by atoms with E-state index in [0.29, 0.717) is 0 Å². The van der Waals surface area contributed by atoms with Crippen LogP contribution in [-0.4, -0.2) is 49.8 Å². The lowest BCUT2D eigenvalue weighted by atomic mass is 10.0. The lowest BCUT2D eigenvalue weighted by Crippen LogP contribution is -2.59. The second-order valence-corrected chi connectivity index (χ2v) is 6.55. The number of hydrogen-bond donors (Lipinski definition) is 1. The molecule has 0 unspecified atom stereocenters. The van der Waals surface area contributed by atoms with E-state index in [-0.39, 0.29) is 5.60 Å². The highest BCUT2D eigenvalue weighted by molar-refractivity contribution is 4.90. The summed E-state index contributed by atoms with van der Waals surface area (Å²) in [7, 11) is 0. The first-order valence-electron chi connectivity index (χ1n) is 7.31. The molecule has 3 heteroatoms. The predicted molar refractivity (Wildman–Crippen MR) is 69.1 cm³/mol. The number of nitrogens with one attached hydrogen (secondary N) is 1. The third-order valence-corrected chi connectivity index (χ3v) is 4.28. The molecule has 3 nitrogen and oxygen atoms in total. The Morgan fingerprint density at radius 3 is 2.12 bits per heavy atom. The Hall–Kier alpha value is -0.120. The van der Waals surface area contributed by atoms with Crippen molar-refractivity contribution in [2.75, 3.05) is 39.3 Å². The minimum absolute atomic E-state index is 0.130. The average molecular weight is 238 g/mol. The molecule has 0 aromatic rings. The Morgan fingerprint density at radius 1 is 1.12 bits per heavy atom. The lowest BCUT2D eigenvalue weighted by Gasteiger charge is -2.39. The third-order valence-electron chi connectivity index (χ3n) is 4.28. The summed E-state index contributed by atoms with van der Waals surface area (Å²) in [6.45, 7) is 8.98. The van der Waals surface area contributed by atoms with Crippen molar-refractivity contribution in [2.45, 2.75) is 38.2 Å². The highest BCUT2D eigenvalue weighted by Gasteiger charge is 2.33. The molecule has 17 heavy (non-hydrogen) atoms. The zero-order chi connectivity index (χ0) is 11.7. The zero-order valence-corrected chi connectivity index (χ0v) is 11.1. The average Bonchev–Trinajstić information content (AvgIpc) is 3.10. The molecule has 1 N–H and O–H groups in total. The first-order chi connectivity index (χ1) is 8.23. The Balaban J connectivity index is 1.36. The summed E-state index contributed by atoms with van der Waals surface area (Å²) >= 11 is 0. The van der Waals surface area contributed by atoms with Crippen LogP contribution in [-0.2, 0) is 4.74 Å². The largest absolute Gasteiger partial charge is 0.371 e. The van der Waals surface area contributed by atoms with Crippen LogP contribution in [0.2, 0.25) is 0 Å². The minimum atomic E-state index is 0.130. The van der Waals surface area contributed by atoms with E-state index < -0.39 is 0 Å². The first-order valence-corrected chi connectivity index (χ1v) is 7.31. The molecule has 98 valence electrons. The first kappa shape index (κ1) is 11.9. The minimum Gasteiger partial charge on any atom is -0.371 e. The molecule has 1 aliphatic heterocycles. The summed E-state index contributed by atoms with van der Waals surface area (Å²) in [4.78, 5) is 2.66. The summed E-state index contributed by atoms with van der Waals surface area (Å²) in [5, 5.41) is 3.29. The van der Waals surface area contributed by atoms with Gasteiger partial charge >= 0.3 is 0 Å². The monoisotopic (exact) mass is 238 g/mol. The van der Waals surface area contributed by atoms with Gasteiger partial charge in [-0.25, -0.2) is 0 Å². The molecule has 1 saturated heterocycles. The van der Waals surface area contributed by atoms with Gasteiger partial charge in [-0.3, -0.25) is 0 Å². The lowest BCUT2D eigenvalue weighted by molar-refractivity contribution is -0.0725. The molecule has 0 atom stereocenters. The molecule has 0 aromatic heterocycles. The maximum atomic E-state index is 6.00. The SMILES string of the molecule is CC1(OCCN(CC2CC2)CC2CC2)CNC1. The second kappa shape index (κ2) is 4.87. The molecule has 0 spiro atoms. The van der Waals surface area contributed by atoms with Crippen molar-refractivity contribution in [3.8, 4) is 0 Å². The highest BCUT2D eigenvalue weighted by Crippen LogP contribution is 2.33. The summed E-state index contributed by atoms with van der Waals surface area (Å²) in [6, 6.07) is 0. The van der Waals surface area contributed by atoms with Crippen LogP contribution in [0.5, 0.6) is 0 Å². The Labute approximate surface area is 105 Å². The van der Waals surface area contributed by atoms with Crippen LogP contribution < -0.4 is 5.32 Å². The molecule has 3 aliphatic rings. The summed E-state index contributed by atoms with van der Waals surface area (Å²) in [6.07, 6.45) is 5.85. The van der Waals surface area contributed by atoms with Crippen LogP contribution in [0.4, 0.5) is 0 Å². The highest BCUT2D eigenvalue weighted by atomic mass is 16.5. The van der Waals surface area contributed by atoms with E-state index >= 15 is 0 Å². The van der Waals surface area contributed by atoms with Gasteiger partial charge in [0.05, 0.1) is 12.2 Å². The van der Waals surface area contributed by atoms with Crippen LogP contribution in [0.1, 0.15) is 32.6 Å². The molecular weight excluding hydrogens is 212 g/mol. The fourth-order valence-electron chi connectivity index (χ4n) is 2.59. The molecule has 0 amide bonds. The molecule has 2 saturated carbocycles. The molecule has 0 radical (unpaired) electrons. The normalized spacial score (nSPS) is 27.2.